The molecule has 0 saturated heterocycles. The van der Waals surface area contributed by atoms with Crippen LogP contribution < -0.4 is 14.8 Å². The van der Waals surface area contributed by atoms with E-state index in [-0.39, 0.29) is 42.2 Å². The minimum Gasteiger partial charge on any atom is -0.490 e. The SMILES string of the molecule is CCCCNC(=O)[C@@H](CC)N(Cc1cccc(C)c1)C(=O)COc1ccc([N+](=O)[O-])c(OC)c1. The van der Waals surface area contributed by atoms with Crippen molar-refractivity contribution in [3.63, 3.8) is 0 Å². The number of methoxy groups -OCH3 is 1. The fraction of sp³-hybridized carbons (Fsp3) is 0.440. The molecule has 1 atom stereocenters. The quantitative estimate of drug-likeness (QED) is 0.268. The van der Waals surface area contributed by atoms with Gasteiger partial charge < -0.3 is 19.7 Å². The maximum absolute atomic E-state index is 13.3. The highest BCUT2D eigenvalue weighted by Crippen LogP contribution is 2.30. The minimum atomic E-state index is -0.653. The summed E-state index contributed by atoms with van der Waals surface area (Å²) in [7, 11) is 1.32. The van der Waals surface area contributed by atoms with E-state index in [0.29, 0.717) is 13.0 Å². The molecule has 2 rings (SSSR count). The zero-order valence-corrected chi connectivity index (χ0v) is 20.2. The summed E-state index contributed by atoms with van der Waals surface area (Å²) < 4.78 is 10.7. The average Bonchev–Trinajstić information content (AvgIpc) is 2.82. The molecule has 0 bridgehead atoms. The summed E-state index contributed by atoms with van der Waals surface area (Å²) in [5, 5.41) is 14.0. The van der Waals surface area contributed by atoms with Gasteiger partial charge in [0.15, 0.2) is 6.61 Å². The summed E-state index contributed by atoms with van der Waals surface area (Å²) in [5.74, 6) is -0.273. The second kappa shape index (κ2) is 13.2. The van der Waals surface area contributed by atoms with Gasteiger partial charge in [0, 0.05) is 25.2 Å². The van der Waals surface area contributed by atoms with E-state index in [1.807, 2.05) is 45.0 Å². The summed E-state index contributed by atoms with van der Waals surface area (Å²) in [6.07, 6.45) is 2.26. The Morgan fingerprint density at radius 3 is 2.56 bits per heavy atom. The first-order chi connectivity index (χ1) is 16.3. The number of carbonyl (C=O) groups is 2. The van der Waals surface area contributed by atoms with Gasteiger partial charge in [-0.3, -0.25) is 19.7 Å². The third-order valence-electron chi connectivity index (χ3n) is 5.36. The van der Waals surface area contributed by atoms with Gasteiger partial charge in [-0.1, -0.05) is 50.1 Å². The molecule has 2 aromatic rings. The maximum Gasteiger partial charge on any atom is 0.311 e. The minimum absolute atomic E-state index is 0.0355. The zero-order chi connectivity index (χ0) is 25.1. The summed E-state index contributed by atoms with van der Waals surface area (Å²) in [6, 6.07) is 11.2. The number of hydrogen-bond acceptors (Lipinski definition) is 6. The van der Waals surface area contributed by atoms with Gasteiger partial charge >= 0.3 is 5.69 Å². The van der Waals surface area contributed by atoms with Gasteiger partial charge in [0.25, 0.3) is 5.91 Å². The van der Waals surface area contributed by atoms with Gasteiger partial charge in [0.1, 0.15) is 11.8 Å². The van der Waals surface area contributed by atoms with E-state index in [4.69, 9.17) is 9.47 Å². The van der Waals surface area contributed by atoms with Crippen molar-refractivity contribution in [2.75, 3.05) is 20.3 Å². The van der Waals surface area contributed by atoms with E-state index in [2.05, 4.69) is 5.32 Å². The Kier molecular flexibility index (Phi) is 10.3. The molecule has 184 valence electrons. The standard InChI is InChI=1S/C25H33N3O6/c1-5-7-13-26-25(30)21(6-2)27(16-19-10-8-9-18(3)14-19)24(29)17-34-20-11-12-22(28(31)32)23(15-20)33-4/h8-12,14-15,21H,5-7,13,16-17H2,1-4H3,(H,26,30)/t21-/m1/s1. The number of carbonyl (C=O) groups excluding carboxylic acids is 2. The van der Waals surface area contributed by atoms with Gasteiger partial charge in [-0.25, -0.2) is 0 Å². The number of nitro benzene ring substituents is 1. The van der Waals surface area contributed by atoms with Crippen molar-refractivity contribution in [1.29, 1.82) is 0 Å². The number of amides is 2. The average molecular weight is 472 g/mol. The van der Waals surface area contributed by atoms with E-state index in [1.165, 1.54) is 30.2 Å². The lowest BCUT2D eigenvalue weighted by Gasteiger charge is -2.30. The van der Waals surface area contributed by atoms with Crippen molar-refractivity contribution in [2.45, 2.75) is 52.6 Å². The van der Waals surface area contributed by atoms with Crippen molar-refractivity contribution in [1.82, 2.24) is 10.2 Å². The van der Waals surface area contributed by atoms with Crippen LogP contribution in [0.4, 0.5) is 5.69 Å². The Morgan fingerprint density at radius 1 is 1.18 bits per heavy atom. The van der Waals surface area contributed by atoms with Crippen LogP contribution in [0.25, 0.3) is 0 Å². The van der Waals surface area contributed by atoms with Crippen LogP contribution in [0.5, 0.6) is 11.5 Å². The first kappa shape index (κ1) is 26.6. The lowest BCUT2D eigenvalue weighted by molar-refractivity contribution is -0.385. The topological polar surface area (TPSA) is 111 Å². The number of aryl methyl sites for hydroxylation is 1. The van der Waals surface area contributed by atoms with Gasteiger partial charge in [0.2, 0.25) is 11.7 Å². The van der Waals surface area contributed by atoms with Gasteiger partial charge in [-0.15, -0.1) is 0 Å². The van der Waals surface area contributed by atoms with Gasteiger partial charge in [-0.05, 0) is 31.4 Å². The molecule has 2 aromatic carbocycles. The molecule has 9 heteroatoms. The second-order valence-electron chi connectivity index (χ2n) is 7.96. The van der Waals surface area contributed by atoms with Crippen LogP contribution in [0, 0.1) is 17.0 Å². The Labute approximate surface area is 200 Å². The molecule has 0 aliphatic heterocycles. The predicted molar refractivity (Wildman–Crippen MR) is 129 cm³/mol. The molecule has 0 spiro atoms. The molecule has 0 aromatic heterocycles. The van der Waals surface area contributed by atoms with Crippen LogP contribution in [0.3, 0.4) is 0 Å². The molecule has 0 saturated carbocycles. The molecular weight excluding hydrogens is 438 g/mol. The van der Waals surface area contributed by atoms with Crippen molar-refractivity contribution in [3.05, 3.63) is 63.7 Å². The first-order valence-electron chi connectivity index (χ1n) is 11.4. The zero-order valence-electron chi connectivity index (χ0n) is 20.2. The Hall–Kier alpha value is -3.62. The Balaban J connectivity index is 2.22. The van der Waals surface area contributed by atoms with Crippen molar-refractivity contribution < 1.29 is 24.0 Å². The highest BCUT2D eigenvalue weighted by molar-refractivity contribution is 5.88. The summed E-state index contributed by atoms with van der Waals surface area (Å²) in [4.78, 5) is 38.2. The first-order valence-corrected chi connectivity index (χ1v) is 11.4. The highest BCUT2D eigenvalue weighted by atomic mass is 16.6. The lowest BCUT2D eigenvalue weighted by atomic mass is 10.1. The fourth-order valence-corrected chi connectivity index (χ4v) is 3.56. The Morgan fingerprint density at radius 2 is 1.94 bits per heavy atom. The molecule has 0 radical (unpaired) electrons. The van der Waals surface area contributed by atoms with Crippen molar-refractivity contribution in [3.8, 4) is 11.5 Å². The van der Waals surface area contributed by atoms with Crippen LogP contribution in [-0.4, -0.2) is 47.9 Å². The number of nitrogens with zero attached hydrogens (tertiary/aromatic N) is 2. The lowest BCUT2D eigenvalue weighted by Crippen LogP contribution is -2.50. The summed E-state index contributed by atoms with van der Waals surface area (Å²) in [5.41, 5.74) is 1.77. The molecule has 1 N–H and O–H groups in total. The number of benzene rings is 2. The summed E-state index contributed by atoms with van der Waals surface area (Å²) in [6.45, 7) is 6.36. The Bertz CT molecular complexity index is 994. The normalized spacial score (nSPS) is 11.4. The fourth-order valence-electron chi connectivity index (χ4n) is 3.56. The molecule has 0 aliphatic rings. The maximum atomic E-state index is 13.3. The van der Waals surface area contributed by atoms with Crippen LogP contribution in [-0.2, 0) is 16.1 Å². The van der Waals surface area contributed by atoms with Crippen LogP contribution in [0.2, 0.25) is 0 Å². The largest absolute Gasteiger partial charge is 0.490 e. The molecule has 0 heterocycles. The van der Waals surface area contributed by atoms with E-state index < -0.39 is 11.0 Å². The van der Waals surface area contributed by atoms with E-state index in [1.54, 1.807) is 0 Å². The molecular formula is C25H33N3O6. The number of rotatable bonds is 13. The van der Waals surface area contributed by atoms with Gasteiger partial charge in [0.05, 0.1) is 12.0 Å². The van der Waals surface area contributed by atoms with E-state index in [9.17, 15) is 19.7 Å². The molecule has 2 amide bonds. The van der Waals surface area contributed by atoms with Gasteiger partial charge in [-0.2, -0.15) is 0 Å². The van der Waals surface area contributed by atoms with E-state index in [0.717, 1.165) is 24.0 Å². The number of nitrogens with one attached hydrogen (secondary N) is 1. The number of unbranched alkanes of at least 4 members (excludes halogenated alkanes) is 1. The second-order valence-corrected chi connectivity index (χ2v) is 7.96. The van der Waals surface area contributed by atoms with Crippen LogP contribution in [0.15, 0.2) is 42.5 Å². The smallest absolute Gasteiger partial charge is 0.311 e. The highest BCUT2D eigenvalue weighted by Gasteiger charge is 2.29. The molecule has 9 nitrogen and oxygen atoms in total. The summed E-state index contributed by atoms with van der Waals surface area (Å²) >= 11 is 0. The number of hydrogen-bond donors (Lipinski definition) is 1. The molecule has 0 fully saturated rings. The van der Waals surface area contributed by atoms with Crippen molar-refractivity contribution >= 4 is 17.5 Å². The molecule has 34 heavy (non-hydrogen) atoms. The number of ether oxygens (including phenoxy) is 2. The third kappa shape index (κ3) is 7.47. The van der Waals surface area contributed by atoms with Crippen molar-refractivity contribution in [2.24, 2.45) is 0 Å². The third-order valence-corrected chi connectivity index (χ3v) is 5.36. The van der Waals surface area contributed by atoms with Crippen LogP contribution >= 0.6 is 0 Å². The van der Waals surface area contributed by atoms with E-state index >= 15 is 0 Å². The molecule has 0 aliphatic carbocycles. The number of nitro groups is 1. The monoisotopic (exact) mass is 471 g/mol. The molecule has 0 unspecified atom stereocenters. The van der Waals surface area contributed by atoms with Crippen LogP contribution in [0.1, 0.15) is 44.2 Å². The predicted octanol–water partition coefficient (Wildman–Crippen LogP) is 4.01.